The molecule has 1 aliphatic rings. The van der Waals surface area contributed by atoms with E-state index in [1.807, 2.05) is 22.3 Å². The zero-order chi connectivity index (χ0) is 18.5. The standard InChI is InChI=1S/C21H22N4OS/c26-21(13-19-14-22-6-7-23-19)25-10-8-24(9-11-25)15-20-12-18(16-27-20)17-4-2-1-3-5-17/h1-7,12,14,16H,8-11,13,15H2. The summed E-state index contributed by atoms with van der Waals surface area (Å²) in [6.07, 6.45) is 5.25. The van der Waals surface area contributed by atoms with Crippen LogP contribution < -0.4 is 0 Å². The summed E-state index contributed by atoms with van der Waals surface area (Å²) in [6, 6.07) is 12.8. The van der Waals surface area contributed by atoms with E-state index in [0.717, 1.165) is 38.4 Å². The minimum Gasteiger partial charge on any atom is -0.340 e. The zero-order valence-corrected chi connectivity index (χ0v) is 15.9. The van der Waals surface area contributed by atoms with E-state index in [1.54, 1.807) is 18.6 Å². The number of amides is 1. The Morgan fingerprint density at radius 3 is 2.59 bits per heavy atom. The second kappa shape index (κ2) is 8.41. The summed E-state index contributed by atoms with van der Waals surface area (Å²) in [5, 5.41) is 2.23. The Morgan fingerprint density at radius 1 is 1.04 bits per heavy atom. The van der Waals surface area contributed by atoms with Crippen molar-refractivity contribution in [1.29, 1.82) is 0 Å². The number of carbonyl (C=O) groups excluding carboxylic acids is 1. The summed E-state index contributed by atoms with van der Waals surface area (Å²) in [4.78, 5) is 26.4. The smallest absolute Gasteiger partial charge is 0.228 e. The summed E-state index contributed by atoms with van der Waals surface area (Å²) in [6.45, 7) is 4.31. The molecule has 0 bridgehead atoms. The fourth-order valence-electron chi connectivity index (χ4n) is 3.31. The number of rotatable bonds is 5. The molecule has 0 saturated carbocycles. The number of hydrogen-bond acceptors (Lipinski definition) is 5. The molecule has 0 radical (unpaired) electrons. The van der Waals surface area contributed by atoms with Crippen LogP contribution in [-0.4, -0.2) is 51.9 Å². The minimum atomic E-state index is 0.137. The summed E-state index contributed by atoms with van der Waals surface area (Å²) in [5.74, 6) is 0.137. The number of thiophene rings is 1. The monoisotopic (exact) mass is 378 g/mol. The van der Waals surface area contributed by atoms with E-state index >= 15 is 0 Å². The van der Waals surface area contributed by atoms with Gasteiger partial charge in [0.15, 0.2) is 0 Å². The Kier molecular flexibility index (Phi) is 5.55. The van der Waals surface area contributed by atoms with Crippen LogP contribution in [0.3, 0.4) is 0 Å². The van der Waals surface area contributed by atoms with Gasteiger partial charge in [-0.3, -0.25) is 19.7 Å². The van der Waals surface area contributed by atoms with Crippen LogP contribution in [-0.2, 0) is 17.8 Å². The van der Waals surface area contributed by atoms with Gasteiger partial charge in [0.05, 0.1) is 12.1 Å². The number of carbonyl (C=O) groups is 1. The molecule has 27 heavy (non-hydrogen) atoms. The van der Waals surface area contributed by atoms with E-state index in [2.05, 4.69) is 50.6 Å². The van der Waals surface area contributed by atoms with E-state index in [-0.39, 0.29) is 5.91 Å². The lowest BCUT2D eigenvalue weighted by Crippen LogP contribution is -2.48. The fourth-order valence-corrected chi connectivity index (χ4v) is 4.24. The van der Waals surface area contributed by atoms with Gasteiger partial charge in [-0.2, -0.15) is 0 Å². The summed E-state index contributed by atoms with van der Waals surface area (Å²) in [7, 11) is 0. The lowest BCUT2D eigenvalue weighted by atomic mass is 10.1. The first-order valence-electron chi connectivity index (χ1n) is 9.16. The first-order chi connectivity index (χ1) is 13.3. The summed E-state index contributed by atoms with van der Waals surface area (Å²) in [5.41, 5.74) is 3.28. The van der Waals surface area contributed by atoms with E-state index < -0.39 is 0 Å². The highest BCUT2D eigenvalue weighted by atomic mass is 32.1. The maximum absolute atomic E-state index is 12.4. The fraction of sp³-hybridized carbons (Fsp3) is 0.286. The maximum Gasteiger partial charge on any atom is 0.228 e. The number of piperazine rings is 1. The molecular weight excluding hydrogens is 356 g/mol. The molecule has 4 rings (SSSR count). The van der Waals surface area contributed by atoms with Gasteiger partial charge in [-0.15, -0.1) is 11.3 Å². The number of hydrogen-bond donors (Lipinski definition) is 0. The van der Waals surface area contributed by atoms with Crippen LogP contribution in [0.5, 0.6) is 0 Å². The highest BCUT2D eigenvalue weighted by Gasteiger charge is 2.22. The van der Waals surface area contributed by atoms with Crippen LogP contribution in [0.1, 0.15) is 10.6 Å². The Morgan fingerprint density at radius 2 is 1.85 bits per heavy atom. The van der Waals surface area contributed by atoms with Crippen molar-refractivity contribution in [2.45, 2.75) is 13.0 Å². The van der Waals surface area contributed by atoms with E-state index in [9.17, 15) is 4.79 Å². The molecule has 0 N–H and O–H groups in total. The largest absolute Gasteiger partial charge is 0.340 e. The predicted octanol–water partition coefficient (Wildman–Crippen LogP) is 3.09. The third-order valence-electron chi connectivity index (χ3n) is 4.81. The minimum absolute atomic E-state index is 0.137. The Labute approximate surface area is 163 Å². The second-order valence-electron chi connectivity index (χ2n) is 6.70. The van der Waals surface area contributed by atoms with Crippen LogP contribution >= 0.6 is 11.3 Å². The van der Waals surface area contributed by atoms with Gasteiger partial charge < -0.3 is 4.90 Å². The zero-order valence-electron chi connectivity index (χ0n) is 15.1. The molecule has 138 valence electrons. The quantitative estimate of drug-likeness (QED) is 0.685. The highest BCUT2D eigenvalue weighted by molar-refractivity contribution is 7.10. The molecule has 2 aromatic heterocycles. The summed E-state index contributed by atoms with van der Waals surface area (Å²) < 4.78 is 0. The predicted molar refractivity (Wildman–Crippen MR) is 107 cm³/mol. The van der Waals surface area contributed by atoms with Crippen LogP contribution in [0.15, 0.2) is 60.4 Å². The molecule has 1 aromatic carbocycles. The van der Waals surface area contributed by atoms with Gasteiger partial charge >= 0.3 is 0 Å². The molecule has 1 fully saturated rings. The first kappa shape index (κ1) is 17.8. The van der Waals surface area contributed by atoms with Gasteiger partial charge in [0, 0.05) is 56.2 Å². The van der Waals surface area contributed by atoms with Gasteiger partial charge in [-0.25, -0.2) is 0 Å². The molecule has 1 saturated heterocycles. The Hall–Kier alpha value is -2.57. The van der Waals surface area contributed by atoms with Crippen molar-refractivity contribution in [2.75, 3.05) is 26.2 Å². The Bertz CT molecular complexity index is 873. The molecular formula is C21H22N4OS. The molecule has 0 aliphatic carbocycles. The van der Waals surface area contributed by atoms with E-state index in [4.69, 9.17) is 0 Å². The first-order valence-corrected chi connectivity index (χ1v) is 10.0. The third-order valence-corrected chi connectivity index (χ3v) is 5.74. The normalized spacial score (nSPS) is 15.0. The molecule has 0 spiro atoms. The molecule has 6 heteroatoms. The van der Waals surface area contributed by atoms with Crippen LogP contribution in [0.4, 0.5) is 0 Å². The third kappa shape index (κ3) is 4.59. The van der Waals surface area contributed by atoms with Crippen molar-refractivity contribution in [2.24, 2.45) is 0 Å². The lowest BCUT2D eigenvalue weighted by molar-refractivity contribution is -0.132. The van der Waals surface area contributed by atoms with Gasteiger partial charge in [-0.1, -0.05) is 30.3 Å². The maximum atomic E-state index is 12.4. The van der Waals surface area contributed by atoms with E-state index in [1.165, 1.54) is 16.0 Å². The molecule has 0 atom stereocenters. The van der Waals surface area contributed by atoms with Gasteiger partial charge in [-0.05, 0) is 22.6 Å². The molecule has 3 aromatic rings. The topological polar surface area (TPSA) is 49.3 Å². The van der Waals surface area contributed by atoms with Crippen LogP contribution in [0, 0.1) is 0 Å². The molecule has 3 heterocycles. The van der Waals surface area contributed by atoms with Crippen LogP contribution in [0.25, 0.3) is 11.1 Å². The number of aromatic nitrogens is 2. The van der Waals surface area contributed by atoms with Crippen molar-refractivity contribution in [3.05, 3.63) is 70.9 Å². The van der Waals surface area contributed by atoms with Crippen molar-refractivity contribution in [3.63, 3.8) is 0 Å². The van der Waals surface area contributed by atoms with Gasteiger partial charge in [0.25, 0.3) is 0 Å². The average Bonchev–Trinajstić information content (AvgIpc) is 3.18. The Balaban J connectivity index is 1.28. The van der Waals surface area contributed by atoms with Gasteiger partial charge in [0.1, 0.15) is 0 Å². The van der Waals surface area contributed by atoms with Crippen LogP contribution in [0.2, 0.25) is 0 Å². The molecule has 1 amide bonds. The van der Waals surface area contributed by atoms with Crippen molar-refractivity contribution in [3.8, 4) is 11.1 Å². The molecule has 0 unspecified atom stereocenters. The van der Waals surface area contributed by atoms with Crippen molar-refractivity contribution < 1.29 is 4.79 Å². The highest BCUT2D eigenvalue weighted by Crippen LogP contribution is 2.26. The van der Waals surface area contributed by atoms with Crippen molar-refractivity contribution >= 4 is 17.2 Å². The van der Waals surface area contributed by atoms with Gasteiger partial charge in [0.2, 0.25) is 5.91 Å². The summed E-state index contributed by atoms with van der Waals surface area (Å²) >= 11 is 1.81. The van der Waals surface area contributed by atoms with Crippen molar-refractivity contribution in [1.82, 2.24) is 19.8 Å². The number of benzene rings is 1. The number of nitrogens with zero attached hydrogens (tertiary/aromatic N) is 4. The average molecular weight is 379 g/mol. The second-order valence-corrected chi connectivity index (χ2v) is 7.69. The molecule has 5 nitrogen and oxygen atoms in total. The molecule has 1 aliphatic heterocycles. The lowest BCUT2D eigenvalue weighted by Gasteiger charge is -2.34. The van der Waals surface area contributed by atoms with E-state index in [0.29, 0.717) is 6.42 Å². The SMILES string of the molecule is O=C(Cc1cnccn1)N1CCN(Cc2cc(-c3ccccc3)cs2)CC1.